The standard InChI is InChI=1S/C27H23BrN4O2S2/c1-17-24(26(34)32-20-6-3-2-4-7-20)25(22-8-5-13-35-22)21(14-29)27(31-17)36-16-23(33)30-15-18-9-11-19(28)12-10-18/h2-13,21,25H,15-16H2,1H3,(H,30,33)(H,32,34). The van der Waals surface area contributed by atoms with Gasteiger partial charge in [0.15, 0.2) is 0 Å². The highest BCUT2D eigenvalue weighted by Crippen LogP contribution is 2.43. The van der Waals surface area contributed by atoms with Crippen molar-refractivity contribution in [3.8, 4) is 6.07 Å². The molecule has 1 aromatic heterocycles. The maximum Gasteiger partial charge on any atom is 0.254 e. The Morgan fingerprint density at radius 1 is 1.11 bits per heavy atom. The van der Waals surface area contributed by atoms with Gasteiger partial charge < -0.3 is 10.6 Å². The van der Waals surface area contributed by atoms with E-state index in [1.807, 2.05) is 72.1 Å². The van der Waals surface area contributed by atoms with Crippen LogP contribution in [0.4, 0.5) is 5.69 Å². The monoisotopic (exact) mass is 578 g/mol. The van der Waals surface area contributed by atoms with Gasteiger partial charge in [-0.25, -0.2) is 4.99 Å². The average Bonchev–Trinajstić information content (AvgIpc) is 3.42. The van der Waals surface area contributed by atoms with Gasteiger partial charge in [0.2, 0.25) is 5.91 Å². The highest BCUT2D eigenvalue weighted by Gasteiger charge is 2.39. The third-order valence-electron chi connectivity index (χ3n) is 5.60. The Balaban J connectivity index is 1.52. The molecule has 1 aliphatic rings. The molecule has 0 aliphatic carbocycles. The molecule has 2 amide bonds. The second-order valence-corrected chi connectivity index (χ2v) is 11.0. The van der Waals surface area contributed by atoms with Crippen LogP contribution in [-0.4, -0.2) is 22.6 Å². The molecule has 9 heteroatoms. The van der Waals surface area contributed by atoms with Gasteiger partial charge in [0.05, 0.1) is 16.9 Å². The van der Waals surface area contributed by atoms with Crippen LogP contribution in [0.3, 0.4) is 0 Å². The smallest absolute Gasteiger partial charge is 0.254 e. The van der Waals surface area contributed by atoms with Gasteiger partial charge in [-0.05, 0) is 48.2 Å². The molecule has 2 unspecified atom stereocenters. The first-order chi connectivity index (χ1) is 17.5. The summed E-state index contributed by atoms with van der Waals surface area (Å²) in [7, 11) is 0. The number of hydrogen-bond acceptors (Lipinski definition) is 6. The predicted octanol–water partition coefficient (Wildman–Crippen LogP) is 6.11. The van der Waals surface area contributed by atoms with Gasteiger partial charge >= 0.3 is 0 Å². The predicted molar refractivity (Wildman–Crippen MR) is 150 cm³/mol. The minimum Gasteiger partial charge on any atom is -0.351 e. The van der Waals surface area contributed by atoms with Crippen molar-refractivity contribution in [1.29, 1.82) is 5.26 Å². The largest absolute Gasteiger partial charge is 0.351 e. The first-order valence-corrected chi connectivity index (χ1v) is 13.8. The minimum absolute atomic E-state index is 0.128. The summed E-state index contributed by atoms with van der Waals surface area (Å²) < 4.78 is 0.978. The van der Waals surface area contributed by atoms with Crippen molar-refractivity contribution < 1.29 is 9.59 Å². The Morgan fingerprint density at radius 2 is 1.86 bits per heavy atom. The third kappa shape index (κ3) is 6.32. The summed E-state index contributed by atoms with van der Waals surface area (Å²) in [5.74, 6) is -1.44. The van der Waals surface area contributed by atoms with Crippen LogP contribution in [0.15, 0.2) is 92.8 Å². The summed E-state index contributed by atoms with van der Waals surface area (Å²) in [6, 6.07) is 23.1. The van der Waals surface area contributed by atoms with Crippen LogP contribution >= 0.6 is 39.0 Å². The fourth-order valence-electron chi connectivity index (χ4n) is 3.87. The molecule has 182 valence electrons. The summed E-state index contributed by atoms with van der Waals surface area (Å²) in [6.07, 6.45) is 0. The van der Waals surface area contributed by atoms with Crippen molar-refractivity contribution >= 4 is 61.6 Å². The van der Waals surface area contributed by atoms with Crippen LogP contribution in [0.2, 0.25) is 0 Å². The van der Waals surface area contributed by atoms with E-state index in [1.54, 1.807) is 6.92 Å². The van der Waals surface area contributed by atoms with Gasteiger partial charge in [0.25, 0.3) is 5.91 Å². The van der Waals surface area contributed by atoms with E-state index in [0.29, 0.717) is 28.5 Å². The molecule has 36 heavy (non-hydrogen) atoms. The molecule has 0 radical (unpaired) electrons. The number of benzene rings is 2. The fraction of sp³-hybridized carbons (Fsp3) is 0.185. The van der Waals surface area contributed by atoms with E-state index >= 15 is 0 Å². The Bertz CT molecular complexity index is 1330. The summed E-state index contributed by atoms with van der Waals surface area (Å²) in [5, 5.41) is 18.5. The maximum absolute atomic E-state index is 13.3. The number of carbonyl (C=O) groups is 2. The molecule has 0 spiro atoms. The van der Waals surface area contributed by atoms with E-state index < -0.39 is 11.8 Å². The zero-order valence-electron chi connectivity index (χ0n) is 19.4. The van der Waals surface area contributed by atoms with Crippen LogP contribution in [0.25, 0.3) is 0 Å². The molecule has 2 atom stereocenters. The van der Waals surface area contributed by atoms with Crippen molar-refractivity contribution in [3.63, 3.8) is 0 Å². The van der Waals surface area contributed by atoms with Crippen molar-refractivity contribution in [1.82, 2.24) is 5.32 Å². The molecule has 0 saturated carbocycles. The molecular weight excluding hydrogens is 556 g/mol. The highest BCUT2D eigenvalue weighted by atomic mass is 79.9. The van der Waals surface area contributed by atoms with E-state index in [4.69, 9.17) is 0 Å². The Labute approximate surface area is 226 Å². The Kier molecular flexibility index (Phi) is 8.75. The maximum atomic E-state index is 13.3. The van der Waals surface area contributed by atoms with E-state index in [9.17, 15) is 14.9 Å². The van der Waals surface area contributed by atoms with E-state index in [2.05, 4.69) is 37.6 Å². The van der Waals surface area contributed by atoms with E-state index in [0.717, 1.165) is 14.9 Å². The number of allylic oxidation sites excluding steroid dienone is 1. The number of nitrogens with one attached hydrogen (secondary N) is 2. The number of hydrogen-bond donors (Lipinski definition) is 2. The molecule has 3 aromatic rings. The highest BCUT2D eigenvalue weighted by molar-refractivity contribution is 9.10. The number of thiophene rings is 1. The third-order valence-corrected chi connectivity index (χ3v) is 8.13. The van der Waals surface area contributed by atoms with Crippen molar-refractivity contribution in [2.45, 2.75) is 19.4 Å². The SMILES string of the molecule is CC1=C(C(=O)Nc2ccccc2)C(c2cccs2)C(C#N)C(SCC(=O)NCc2ccc(Br)cc2)=N1. The van der Waals surface area contributed by atoms with E-state index in [1.165, 1.54) is 23.1 Å². The van der Waals surface area contributed by atoms with Crippen LogP contribution in [0.1, 0.15) is 23.3 Å². The summed E-state index contributed by atoms with van der Waals surface area (Å²) in [5.41, 5.74) is 2.68. The molecule has 6 nitrogen and oxygen atoms in total. The van der Waals surface area contributed by atoms with Crippen LogP contribution in [0.5, 0.6) is 0 Å². The normalized spacial score (nSPS) is 17.2. The summed E-state index contributed by atoms with van der Waals surface area (Å²) in [4.78, 5) is 31.4. The lowest BCUT2D eigenvalue weighted by molar-refractivity contribution is -0.118. The quantitative estimate of drug-likeness (QED) is 0.353. The number of nitrogens with zero attached hydrogens (tertiary/aromatic N) is 2. The lowest BCUT2D eigenvalue weighted by Crippen LogP contribution is -2.32. The Hall–Kier alpha value is -3.19. The number of rotatable bonds is 7. The molecule has 2 aromatic carbocycles. The molecule has 4 rings (SSSR count). The lowest BCUT2D eigenvalue weighted by atomic mass is 9.82. The Morgan fingerprint density at radius 3 is 2.53 bits per heavy atom. The van der Waals surface area contributed by atoms with Crippen LogP contribution in [-0.2, 0) is 16.1 Å². The number of nitriles is 1. The molecule has 2 heterocycles. The topological polar surface area (TPSA) is 94.4 Å². The van der Waals surface area contributed by atoms with E-state index in [-0.39, 0.29) is 17.6 Å². The molecule has 0 bridgehead atoms. The number of anilines is 1. The van der Waals surface area contributed by atoms with Crippen molar-refractivity contribution in [3.05, 3.63) is 98.3 Å². The molecule has 1 aliphatic heterocycles. The first kappa shape index (κ1) is 25.9. The number of aliphatic imine (C=N–C) groups is 1. The number of halogens is 1. The minimum atomic E-state index is -0.673. The number of thioether (sulfide) groups is 1. The number of carbonyl (C=O) groups excluding carboxylic acids is 2. The fourth-order valence-corrected chi connectivity index (χ4v) is 5.96. The molecule has 2 N–H and O–H groups in total. The average molecular weight is 580 g/mol. The second kappa shape index (κ2) is 12.2. The molecule has 0 fully saturated rings. The van der Waals surface area contributed by atoms with Crippen molar-refractivity contribution in [2.24, 2.45) is 10.9 Å². The van der Waals surface area contributed by atoms with Gasteiger partial charge in [-0.2, -0.15) is 5.26 Å². The zero-order valence-corrected chi connectivity index (χ0v) is 22.6. The van der Waals surface area contributed by atoms with Gasteiger partial charge in [-0.3, -0.25) is 9.59 Å². The van der Waals surface area contributed by atoms with Crippen LogP contribution < -0.4 is 10.6 Å². The van der Waals surface area contributed by atoms with Gasteiger partial charge in [-0.15, -0.1) is 11.3 Å². The van der Waals surface area contributed by atoms with Gasteiger partial charge in [0.1, 0.15) is 5.92 Å². The molecular formula is C27H23BrN4O2S2. The van der Waals surface area contributed by atoms with Crippen LogP contribution in [0, 0.1) is 17.2 Å². The van der Waals surface area contributed by atoms with Crippen molar-refractivity contribution in [2.75, 3.05) is 11.1 Å². The summed E-state index contributed by atoms with van der Waals surface area (Å²) in [6.45, 7) is 2.20. The lowest BCUT2D eigenvalue weighted by Gasteiger charge is -2.29. The number of amides is 2. The van der Waals surface area contributed by atoms with Gasteiger partial charge in [0, 0.05) is 38.8 Å². The second-order valence-electron chi connectivity index (χ2n) is 8.06. The zero-order chi connectivity index (χ0) is 25.5. The first-order valence-electron chi connectivity index (χ1n) is 11.2. The summed E-state index contributed by atoms with van der Waals surface area (Å²) >= 11 is 6.15. The van der Waals surface area contributed by atoms with Gasteiger partial charge in [-0.1, -0.05) is 64.1 Å². The number of para-hydroxylation sites is 1. The molecule has 0 saturated heterocycles.